The van der Waals surface area contributed by atoms with Crippen molar-refractivity contribution in [2.75, 3.05) is 12.0 Å². The van der Waals surface area contributed by atoms with E-state index in [0.29, 0.717) is 22.4 Å². The third kappa shape index (κ3) is 3.43. The van der Waals surface area contributed by atoms with Gasteiger partial charge in [-0.2, -0.15) is 0 Å². The van der Waals surface area contributed by atoms with Crippen LogP contribution >= 0.6 is 0 Å². The Labute approximate surface area is 218 Å². The molecule has 1 aliphatic heterocycles. The highest BCUT2D eigenvalue weighted by atomic mass is 16.5. The van der Waals surface area contributed by atoms with Crippen LogP contribution in [-0.4, -0.2) is 28.9 Å². The molecule has 38 heavy (non-hydrogen) atoms. The largest absolute Gasteiger partial charge is 0.503 e. The van der Waals surface area contributed by atoms with Crippen molar-refractivity contribution in [2.24, 2.45) is 0 Å². The quantitative estimate of drug-likeness (QED) is 0.261. The number of H-pyrrole nitrogens is 1. The molecule has 0 saturated carbocycles. The number of anilines is 1. The van der Waals surface area contributed by atoms with Crippen LogP contribution in [0.25, 0.3) is 21.9 Å². The third-order valence-corrected chi connectivity index (χ3v) is 7.39. The predicted molar refractivity (Wildman–Crippen MR) is 146 cm³/mol. The lowest BCUT2D eigenvalue weighted by Crippen LogP contribution is -2.31. The minimum atomic E-state index is -0.872. The lowest BCUT2D eigenvalue weighted by molar-refractivity contribution is -0.117. The van der Waals surface area contributed by atoms with E-state index in [-0.39, 0.29) is 11.3 Å². The van der Waals surface area contributed by atoms with Crippen molar-refractivity contribution < 1.29 is 23.8 Å². The Kier molecular flexibility index (Phi) is 5.38. The molecule has 6 rings (SSSR count). The molecule has 0 saturated heterocycles. The molecule has 190 valence electrons. The number of hydrogen-bond acceptors (Lipinski definition) is 5. The van der Waals surface area contributed by atoms with Crippen molar-refractivity contribution in [2.45, 2.75) is 26.8 Å². The Morgan fingerprint density at radius 2 is 1.79 bits per heavy atom. The fourth-order valence-corrected chi connectivity index (χ4v) is 5.34. The van der Waals surface area contributed by atoms with Crippen LogP contribution in [0.5, 0.6) is 5.75 Å². The number of aromatic nitrogens is 1. The van der Waals surface area contributed by atoms with Gasteiger partial charge in [0.05, 0.1) is 18.7 Å². The molecule has 1 atom stereocenters. The first-order chi connectivity index (χ1) is 18.3. The van der Waals surface area contributed by atoms with Crippen molar-refractivity contribution in [1.82, 2.24) is 4.98 Å². The molecule has 1 unspecified atom stereocenters. The highest BCUT2D eigenvalue weighted by Crippen LogP contribution is 2.46. The summed E-state index contributed by atoms with van der Waals surface area (Å²) in [5.41, 5.74) is 5.47. The van der Waals surface area contributed by atoms with Gasteiger partial charge in [0.25, 0.3) is 5.91 Å². The van der Waals surface area contributed by atoms with Crippen molar-refractivity contribution in [3.8, 4) is 5.75 Å². The summed E-state index contributed by atoms with van der Waals surface area (Å²) in [6.07, 6.45) is 0. The van der Waals surface area contributed by atoms with Crippen LogP contribution in [0, 0.1) is 20.8 Å². The lowest BCUT2D eigenvalue weighted by Gasteiger charge is -2.27. The van der Waals surface area contributed by atoms with Gasteiger partial charge in [-0.25, -0.2) is 0 Å². The molecule has 0 radical (unpaired) electrons. The fourth-order valence-electron chi connectivity index (χ4n) is 5.34. The topological polar surface area (TPSA) is 95.8 Å². The molecule has 5 aromatic rings. The van der Waals surface area contributed by atoms with Crippen LogP contribution in [0.1, 0.15) is 39.0 Å². The van der Waals surface area contributed by atoms with E-state index >= 15 is 0 Å². The Bertz CT molecular complexity index is 1810. The summed E-state index contributed by atoms with van der Waals surface area (Å²) in [5, 5.41) is 12.8. The zero-order valence-electron chi connectivity index (χ0n) is 21.5. The van der Waals surface area contributed by atoms with Gasteiger partial charge < -0.3 is 19.2 Å². The first-order valence-electron chi connectivity index (χ1n) is 12.3. The number of carbonyl (C=O) groups excluding carboxylic acids is 2. The van der Waals surface area contributed by atoms with Crippen molar-refractivity contribution in [1.29, 1.82) is 0 Å². The Morgan fingerprint density at radius 3 is 2.55 bits per heavy atom. The molecule has 1 amide bonds. The monoisotopic (exact) mass is 506 g/mol. The van der Waals surface area contributed by atoms with Crippen LogP contribution in [0.4, 0.5) is 5.69 Å². The number of Topliss-reactive ketones (excluding diaryl/α,β-unsaturated/α-hetero) is 1. The second-order valence-corrected chi connectivity index (χ2v) is 9.64. The highest BCUT2D eigenvalue weighted by Gasteiger charge is 2.47. The van der Waals surface area contributed by atoms with Gasteiger partial charge in [0.1, 0.15) is 0 Å². The van der Waals surface area contributed by atoms with Crippen LogP contribution < -0.4 is 9.64 Å². The molecule has 0 aliphatic carbocycles. The molecule has 0 bridgehead atoms. The number of furan rings is 1. The molecular formula is C31H26N2O5. The van der Waals surface area contributed by atoms with E-state index < -0.39 is 23.5 Å². The minimum Gasteiger partial charge on any atom is -0.503 e. The smallest absolute Gasteiger partial charge is 0.294 e. The second-order valence-electron chi connectivity index (χ2n) is 9.64. The summed E-state index contributed by atoms with van der Waals surface area (Å²) < 4.78 is 11.3. The number of aliphatic hydroxyl groups is 1. The van der Waals surface area contributed by atoms with E-state index in [4.69, 9.17) is 9.15 Å². The molecule has 0 spiro atoms. The SMILES string of the molecule is COc1cccc2cc(C(=O)C3=C(O)C(=O)N(c4ccc(C)c(C)c4)C3c3c(C)[nH]c4ccccc34)oc12. The Hall–Kier alpha value is -4.78. The third-order valence-electron chi connectivity index (χ3n) is 7.39. The number of carbonyl (C=O) groups is 2. The summed E-state index contributed by atoms with van der Waals surface area (Å²) in [7, 11) is 1.53. The molecular weight excluding hydrogens is 480 g/mol. The maximum atomic E-state index is 14.1. The van der Waals surface area contributed by atoms with Gasteiger partial charge in [0.15, 0.2) is 22.9 Å². The number of ketones is 1. The average molecular weight is 507 g/mol. The van der Waals surface area contributed by atoms with Crippen LogP contribution in [0.3, 0.4) is 0 Å². The summed E-state index contributed by atoms with van der Waals surface area (Å²) in [4.78, 5) is 32.6. The van der Waals surface area contributed by atoms with E-state index in [1.807, 2.05) is 69.3 Å². The van der Waals surface area contributed by atoms with Gasteiger partial charge in [-0.3, -0.25) is 14.5 Å². The number of fused-ring (bicyclic) bond motifs is 2. The number of para-hydroxylation sites is 2. The van der Waals surface area contributed by atoms with E-state index in [1.54, 1.807) is 18.2 Å². The van der Waals surface area contributed by atoms with Gasteiger partial charge in [-0.1, -0.05) is 36.4 Å². The Morgan fingerprint density at radius 1 is 1.00 bits per heavy atom. The molecule has 3 heterocycles. The Balaban J connectivity index is 1.58. The van der Waals surface area contributed by atoms with Gasteiger partial charge >= 0.3 is 0 Å². The van der Waals surface area contributed by atoms with Gasteiger partial charge in [0.2, 0.25) is 5.78 Å². The van der Waals surface area contributed by atoms with E-state index in [9.17, 15) is 14.7 Å². The van der Waals surface area contributed by atoms with Crippen molar-refractivity contribution in [3.63, 3.8) is 0 Å². The van der Waals surface area contributed by atoms with Crippen LogP contribution in [0.15, 0.2) is 82.5 Å². The number of hydrogen-bond donors (Lipinski definition) is 2. The number of benzene rings is 3. The van der Waals surface area contributed by atoms with E-state index in [1.165, 1.54) is 12.0 Å². The number of aromatic amines is 1. The molecule has 7 heteroatoms. The van der Waals surface area contributed by atoms with Crippen molar-refractivity contribution >= 4 is 39.2 Å². The van der Waals surface area contributed by atoms with E-state index in [0.717, 1.165) is 33.3 Å². The van der Waals surface area contributed by atoms with Crippen LogP contribution in [-0.2, 0) is 4.79 Å². The molecule has 7 nitrogen and oxygen atoms in total. The summed E-state index contributed by atoms with van der Waals surface area (Å²) in [5.74, 6) is -1.28. The maximum absolute atomic E-state index is 14.1. The van der Waals surface area contributed by atoms with Crippen molar-refractivity contribution in [3.05, 3.63) is 106 Å². The first kappa shape index (κ1) is 23.6. The summed E-state index contributed by atoms with van der Waals surface area (Å²) in [6, 6.07) is 19.5. The van der Waals surface area contributed by atoms with Gasteiger partial charge in [0, 0.05) is 33.2 Å². The average Bonchev–Trinajstić information content (AvgIpc) is 3.56. The molecule has 2 N–H and O–H groups in total. The highest BCUT2D eigenvalue weighted by molar-refractivity contribution is 6.21. The fraction of sp³-hybridized carbons (Fsp3) is 0.161. The number of aryl methyl sites for hydroxylation is 3. The molecule has 3 aromatic carbocycles. The van der Waals surface area contributed by atoms with E-state index in [2.05, 4.69) is 4.98 Å². The molecule has 0 fully saturated rings. The maximum Gasteiger partial charge on any atom is 0.294 e. The first-order valence-corrected chi connectivity index (χ1v) is 12.3. The summed E-state index contributed by atoms with van der Waals surface area (Å²) >= 11 is 0. The standard InChI is InChI=1S/C31H26N2O5/c1-16-12-13-20(14-17(16)2)33-27(25-18(3)32-22-10-6-5-9-21(22)25)26(29(35)31(33)36)28(34)24-15-19-8-7-11-23(37-4)30(19)38-24/h5-15,27,32,35H,1-4H3. The second kappa shape index (κ2) is 8.66. The number of ether oxygens (including phenoxy) is 1. The number of nitrogens with one attached hydrogen (secondary N) is 1. The van der Waals surface area contributed by atoms with Gasteiger partial charge in [-0.15, -0.1) is 0 Å². The number of rotatable bonds is 5. The molecule has 1 aliphatic rings. The number of amides is 1. The number of methoxy groups -OCH3 is 1. The zero-order chi connectivity index (χ0) is 26.7. The number of aliphatic hydroxyl groups excluding tert-OH is 1. The predicted octanol–water partition coefficient (Wildman–Crippen LogP) is 6.63. The zero-order valence-corrected chi connectivity index (χ0v) is 21.5. The minimum absolute atomic E-state index is 0.0169. The van der Waals surface area contributed by atoms with Gasteiger partial charge in [-0.05, 0) is 62.2 Å². The molecule has 2 aromatic heterocycles. The summed E-state index contributed by atoms with van der Waals surface area (Å²) in [6.45, 7) is 5.86. The normalized spacial score (nSPS) is 15.7. The van der Waals surface area contributed by atoms with Crippen LogP contribution in [0.2, 0.25) is 0 Å². The number of nitrogens with zero attached hydrogens (tertiary/aromatic N) is 1. The lowest BCUT2D eigenvalue weighted by atomic mass is 9.92.